The lowest BCUT2D eigenvalue weighted by Crippen LogP contribution is -2.56. The number of nitrogens with zero attached hydrogens (tertiary/aromatic N) is 1. The summed E-state index contributed by atoms with van der Waals surface area (Å²) in [6.07, 6.45) is 10.4. The number of allylic oxidation sites excluding steroid dienone is 1. The van der Waals surface area contributed by atoms with Crippen molar-refractivity contribution in [2.75, 3.05) is 13.2 Å². The molecule has 0 radical (unpaired) electrons. The molecule has 30 heavy (non-hydrogen) atoms. The molecule has 2 heterocycles. The molecule has 0 bridgehead atoms. The Morgan fingerprint density at radius 1 is 1.10 bits per heavy atom. The summed E-state index contributed by atoms with van der Waals surface area (Å²) in [5.41, 5.74) is 0.643. The summed E-state index contributed by atoms with van der Waals surface area (Å²) in [4.78, 5) is 0. The van der Waals surface area contributed by atoms with Gasteiger partial charge < -0.3 is 18.6 Å². The van der Waals surface area contributed by atoms with E-state index in [0.29, 0.717) is 25.0 Å². The van der Waals surface area contributed by atoms with Crippen molar-refractivity contribution >= 4 is 8.32 Å². The van der Waals surface area contributed by atoms with Crippen LogP contribution in [0.3, 0.4) is 0 Å². The van der Waals surface area contributed by atoms with Crippen LogP contribution < -0.4 is 0 Å². The van der Waals surface area contributed by atoms with E-state index in [1.54, 1.807) is 5.57 Å². The summed E-state index contributed by atoms with van der Waals surface area (Å²) in [7, 11) is -1.83. The smallest absolute Gasteiger partial charge is 0.185 e. The molecule has 0 N–H and O–H groups in total. The van der Waals surface area contributed by atoms with E-state index in [9.17, 15) is 5.26 Å². The molecular formula is C24H35NO4Si. The van der Waals surface area contributed by atoms with Gasteiger partial charge in [-0.05, 0) is 75.6 Å². The molecule has 6 rings (SSSR count). The molecule has 1 spiro atoms. The summed E-state index contributed by atoms with van der Waals surface area (Å²) in [5.74, 6) is 0.643. The molecule has 2 saturated heterocycles. The average molecular weight is 430 g/mol. The molecular weight excluding hydrogens is 394 g/mol. The predicted molar refractivity (Wildman–Crippen MR) is 114 cm³/mol. The third kappa shape index (κ3) is 2.31. The van der Waals surface area contributed by atoms with Crippen LogP contribution in [0, 0.1) is 28.6 Å². The van der Waals surface area contributed by atoms with Crippen molar-refractivity contribution in [2.24, 2.45) is 17.3 Å². The van der Waals surface area contributed by atoms with Gasteiger partial charge in [0, 0.05) is 18.3 Å². The highest BCUT2D eigenvalue weighted by atomic mass is 28.4. The van der Waals surface area contributed by atoms with Gasteiger partial charge in [-0.15, -0.1) is 0 Å². The van der Waals surface area contributed by atoms with Crippen LogP contribution in [0.1, 0.15) is 58.3 Å². The number of ether oxygens (including phenoxy) is 3. The third-order valence-electron chi connectivity index (χ3n) is 9.46. The van der Waals surface area contributed by atoms with E-state index in [2.05, 4.69) is 38.7 Å². The fourth-order valence-corrected chi connectivity index (χ4v) is 9.65. The van der Waals surface area contributed by atoms with Crippen LogP contribution in [-0.4, -0.2) is 44.1 Å². The van der Waals surface area contributed by atoms with Crippen molar-refractivity contribution in [2.45, 2.75) is 101 Å². The second-order valence-electron chi connectivity index (χ2n) is 11.9. The summed E-state index contributed by atoms with van der Waals surface area (Å²) in [6.45, 7) is 10.4. The minimum Gasteiger partial charge on any atom is -0.399 e. The normalized spacial score (nSPS) is 50.7. The van der Waals surface area contributed by atoms with Gasteiger partial charge in [0.1, 0.15) is 16.8 Å². The quantitative estimate of drug-likeness (QED) is 0.362. The molecule has 0 aromatic heterocycles. The van der Waals surface area contributed by atoms with Gasteiger partial charge in [-0.2, -0.15) is 5.26 Å². The van der Waals surface area contributed by atoms with E-state index in [0.717, 1.165) is 51.4 Å². The monoisotopic (exact) mass is 429 g/mol. The maximum absolute atomic E-state index is 10.3. The highest BCUT2D eigenvalue weighted by Crippen LogP contribution is 2.74. The first-order chi connectivity index (χ1) is 14.1. The first kappa shape index (κ1) is 19.9. The molecule has 5 nitrogen and oxygen atoms in total. The van der Waals surface area contributed by atoms with Crippen LogP contribution in [0.5, 0.6) is 0 Å². The Morgan fingerprint density at radius 2 is 1.87 bits per heavy atom. The van der Waals surface area contributed by atoms with E-state index >= 15 is 0 Å². The molecule has 6 heteroatoms. The van der Waals surface area contributed by atoms with Crippen molar-refractivity contribution in [1.29, 1.82) is 5.26 Å². The molecule has 0 aromatic carbocycles. The highest BCUT2D eigenvalue weighted by molar-refractivity contribution is 6.69. The van der Waals surface area contributed by atoms with Gasteiger partial charge in [0.05, 0.1) is 19.3 Å². The van der Waals surface area contributed by atoms with Gasteiger partial charge in [0.15, 0.2) is 14.1 Å². The third-order valence-corrected chi connectivity index (χ3v) is 10.4. The second kappa shape index (κ2) is 5.79. The summed E-state index contributed by atoms with van der Waals surface area (Å²) in [6, 6.07) is 2.70. The Kier molecular flexibility index (Phi) is 3.85. The molecule has 6 atom stereocenters. The number of hydrogen-bond donors (Lipinski definition) is 0. The Labute approximate surface area is 181 Å². The van der Waals surface area contributed by atoms with Crippen molar-refractivity contribution in [1.82, 2.24) is 0 Å². The number of hydrogen-bond acceptors (Lipinski definition) is 5. The van der Waals surface area contributed by atoms with Gasteiger partial charge >= 0.3 is 0 Å². The van der Waals surface area contributed by atoms with Gasteiger partial charge in [0.2, 0.25) is 0 Å². The van der Waals surface area contributed by atoms with Crippen LogP contribution in [0.15, 0.2) is 11.6 Å². The van der Waals surface area contributed by atoms with Crippen LogP contribution in [0.2, 0.25) is 19.6 Å². The molecule has 0 amide bonds. The predicted octanol–water partition coefficient (Wildman–Crippen LogP) is 4.69. The van der Waals surface area contributed by atoms with Crippen LogP contribution in [0.4, 0.5) is 0 Å². The van der Waals surface area contributed by atoms with E-state index < -0.39 is 19.7 Å². The van der Waals surface area contributed by atoms with Gasteiger partial charge in [-0.25, -0.2) is 0 Å². The number of epoxide rings is 1. The molecule has 3 saturated carbocycles. The lowest BCUT2D eigenvalue weighted by Gasteiger charge is -2.52. The fraction of sp³-hybridized carbons (Fsp3) is 0.875. The van der Waals surface area contributed by atoms with E-state index in [1.807, 2.05) is 0 Å². The zero-order valence-corrected chi connectivity index (χ0v) is 19.9. The summed E-state index contributed by atoms with van der Waals surface area (Å²) < 4.78 is 25.5. The minimum absolute atomic E-state index is 0.0780. The lowest BCUT2D eigenvalue weighted by molar-refractivity contribution is -0.185. The lowest BCUT2D eigenvalue weighted by atomic mass is 9.53. The van der Waals surface area contributed by atoms with Gasteiger partial charge in [-0.1, -0.05) is 13.0 Å². The summed E-state index contributed by atoms with van der Waals surface area (Å²) in [5, 5.41) is 10.3. The largest absolute Gasteiger partial charge is 0.399 e. The van der Waals surface area contributed by atoms with Crippen LogP contribution in [0.25, 0.3) is 0 Å². The maximum atomic E-state index is 10.3. The van der Waals surface area contributed by atoms with E-state index in [-0.39, 0.29) is 16.6 Å². The number of nitriles is 1. The Hall–Kier alpha value is -0.713. The molecule has 2 aliphatic heterocycles. The first-order valence-corrected chi connectivity index (χ1v) is 15.3. The van der Waals surface area contributed by atoms with Crippen molar-refractivity contribution in [3.8, 4) is 6.07 Å². The average Bonchev–Trinajstić information content (AvgIpc) is 3.01. The number of fused-ring (bicyclic) bond motifs is 3. The van der Waals surface area contributed by atoms with Gasteiger partial charge in [-0.3, -0.25) is 0 Å². The molecule has 0 aromatic rings. The second-order valence-corrected chi connectivity index (χ2v) is 16.4. The van der Waals surface area contributed by atoms with Crippen molar-refractivity contribution in [3.05, 3.63) is 11.6 Å². The van der Waals surface area contributed by atoms with Crippen LogP contribution in [-0.2, 0) is 18.6 Å². The highest BCUT2D eigenvalue weighted by Gasteiger charge is 2.79. The van der Waals surface area contributed by atoms with Gasteiger partial charge in [0.25, 0.3) is 0 Å². The van der Waals surface area contributed by atoms with Crippen LogP contribution >= 0.6 is 0 Å². The molecule has 4 aliphatic carbocycles. The molecule has 164 valence electrons. The zero-order valence-electron chi connectivity index (χ0n) is 18.9. The standard InChI is InChI=1S/C24H35NO4Si/c1-20-8-6-19-17(18(20)7-10-22(20,16-25)29-30(2,3)4)5-9-21-15-23(26-13-14-27-23)11-12-24(19,21)28-21/h6,17-18H,5,7-15H2,1-4H3/t17?,18?,20-,21?,22-,24?/m0/s1. The van der Waals surface area contributed by atoms with Crippen molar-refractivity contribution < 1.29 is 18.6 Å². The SMILES string of the molecule is C[C@]12CC=C3C(CCC45CC6(CCC34O5)OCCO6)C1CC[C@@]2(C#N)O[Si](C)(C)C. The Balaban J connectivity index is 1.33. The molecule has 4 unspecified atom stereocenters. The minimum atomic E-state index is -1.83. The Morgan fingerprint density at radius 3 is 2.57 bits per heavy atom. The fourth-order valence-electron chi connectivity index (χ4n) is 8.23. The number of rotatable bonds is 2. The molecule has 6 aliphatic rings. The zero-order chi connectivity index (χ0) is 21.0. The van der Waals surface area contributed by atoms with Crippen molar-refractivity contribution in [3.63, 3.8) is 0 Å². The molecule has 5 fully saturated rings. The maximum Gasteiger partial charge on any atom is 0.185 e. The Bertz CT molecular complexity index is 854. The summed E-state index contributed by atoms with van der Waals surface area (Å²) >= 11 is 0. The topological polar surface area (TPSA) is 64.0 Å². The first-order valence-electron chi connectivity index (χ1n) is 11.9. The van der Waals surface area contributed by atoms with E-state index in [1.165, 1.54) is 0 Å². The van der Waals surface area contributed by atoms with E-state index in [4.69, 9.17) is 18.6 Å².